The zero-order chi connectivity index (χ0) is 24.6. The van der Waals surface area contributed by atoms with Crippen molar-refractivity contribution < 1.29 is 24.7 Å². The number of ether oxygens (including phenoxy) is 2. The fourth-order valence-electron chi connectivity index (χ4n) is 3.98. The summed E-state index contributed by atoms with van der Waals surface area (Å²) in [6, 6.07) is 10.7. The second kappa shape index (κ2) is 11.4. The van der Waals surface area contributed by atoms with Crippen molar-refractivity contribution in [1.29, 1.82) is 5.41 Å². The molecular weight excluding hydrogens is 448 g/mol. The fraction of sp³-hybridized carbons (Fsp3) is 0.320. The molecular formula is C25H29N6O4+. The molecule has 0 saturated carbocycles. The third-order valence-electron chi connectivity index (χ3n) is 5.80. The van der Waals surface area contributed by atoms with Crippen molar-refractivity contribution in [2.24, 2.45) is 0 Å². The average molecular weight is 478 g/mol. The molecule has 5 N–H and O–H groups in total. The van der Waals surface area contributed by atoms with Gasteiger partial charge in [0, 0.05) is 54.8 Å². The zero-order valence-corrected chi connectivity index (χ0v) is 19.5. The lowest BCUT2D eigenvalue weighted by Gasteiger charge is -2.17. The standard InChI is InChI=1S/C25H28N6O4/c1-34-22-8-5-17(15-28-22)20(13-24(32)33)30-19-7-9-23(31-21(19)14-26)35-12-10-18-6-4-16-3-2-11-27-25(16)29-18/h4-9,14-15,20,26,30H,2-3,10-13H2,1H3,(H,27,29)(H,32,33)/p+1. The zero-order valence-electron chi connectivity index (χ0n) is 19.5. The van der Waals surface area contributed by atoms with Gasteiger partial charge in [-0.3, -0.25) is 4.79 Å². The van der Waals surface area contributed by atoms with E-state index in [2.05, 4.69) is 26.3 Å². The molecule has 1 aliphatic heterocycles. The van der Waals surface area contributed by atoms with Crippen LogP contribution >= 0.6 is 0 Å². The van der Waals surface area contributed by atoms with Crippen LogP contribution in [0.4, 0.5) is 11.5 Å². The third-order valence-corrected chi connectivity index (χ3v) is 5.80. The molecule has 1 atom stereocenters. The van der Waals surface area contributed by atoms with Crippen LogP contribution in [-0.2, 0) is 17.6 Å². The van der Waals surface area contributed by atoms with Crippen LogP contribution in [0.1, 0.15) is 41.4 Å². The van der Waals surface area contributed by atoms with Gasteiger partial charge in [0.1, 0.15) is 24.0 Å². The van der Waals surface area contributed by atoms with E-state index in [9.17, 15) is 9.90 Å². The topological polar surface area (TPSA) is 147 Å². The molecule has 3 aromatic rings. The minimum Gasteiger partial charge on any atom is -0.481 e. The first kappa shape index (κ1) is 24.1. The predicted octanol–water partition coefficient (Wildman–Crippen LogP) is 2.27. The first-order valence-electron chi connectivity index (χ1n) is 11.5. The first-order valence-corrected chi connectivity index (χ1v) is 11.5. The van der Waals surface area contributed by atoms with E-state index in [1.807, 2.05) is 6.07 Å². The number of aliphatic carboxylic acids is 1. The maximum Gasteiger partial charge on any atom is 0.309 e. The Kier molecular flexibility index (Phi) is 7.84. The van der Waals surface area contributed by atoms with E-state index in [0.717, 1.165) is 42.7 Å². The molecule has 1 aliphatic rings. The smallest absolute Gasteiger partial charge is 0.309 e. The van der Waals surface area contributed by atoms with Crippen molar-refractivity contribution in [3.8, 4) is 11.8 Å². The number of nitrogens with two attached hydrogens (primary N) is 1. The van der Waals surface area contributed by atoms with Gasteiger partial charge in [-0.25, -0.2) is 15.0 Å². The van der Waals surface area contributed by atoms with Crippen molar-refractivity contribution >= 4 is 23.7 Å². The van der Waals surface area contributed by atoms with Gasteiger partial charge in [-0.15, -0.1) is 0 Å². The number of hydrogen-bond acceptors (Lipinski definition) is 8. The number of aryl methyl sites for hydroxylation is 1. The van der Waals surface area contributed by atoms with Gasteiger partial charge in [0.15, 0.2) is 5.69 Å². The van der Waals surface area contributed by atoms with Gasteiger partial charge >= 0.3 is 5.97 Å². The highest BCUT2D eigenvalue weighted by atomic mass is 16.5. The van der Waals surface area contributed by atoms with E-state index in [-0.39, 0.29) is 6.42 Å². The Labute approximate surface area is 203 Å². The minimum atomic E-state index is -0.933. The third kappa shape index (κ3) is 6.30. The number of nitrogens with one attached hydrogen (secondary N) is 2. The number of methoxy groups -OCH3 is 1. The number of fused-ring (bicyclic) bond motifs is 1. The number of anilines is 1. The highest BCUT2D eigenvalue weighted by Gasteiger charge is 2.22. The number of aromatic nitrogens is 3. The molecule has 4 heterocycles. The molecule has 4 rings (SSSR count). The van der Waals surface area contributed by atoms with E-state index in [4.69, 9.17) is 14.9 Å². The molecule has 0 aromatic carbocycles. The number of rotatable bonds is 11. The molecule has 0 fully saturated rings. The molecule has 0 spiro atoms. The summed E-state index contributed by atoms with van der Waals surface area (Å²) in [5.74, 6) is 0.879. The van der Waals surface area contributed by atoms with Crippen LogP contribution in [0.3, 0.4) is 0 Å². The van der Waals surface area contributed by atoms with E-state index in [1.165, 1.54) is 12.7 Å². The summed E-state index contributed by atoms with van der Waals surface area (Å²) >= 11 is 0. The second-order valence-corrected chi connectivity index (χ2v) is 8.21. The first-order chi connectivity index (χ1) is 17.1. The van der Waals surface area contributed by atoms with Gasteiger partial charge in [0.2, 0.25) is 11.8 Å². The number of quaternary nitrogens is 1. The predicted molar refractivity (Wildman–Crippen MR) is 130 cm³/mol. The molecule has 0 radical (unpaired) electrons. The van der Waals surface area contributed by atoms with Crippen molar-refractivity contribution in [2.45, 2.75) is 31.7 Å². The quantitative estimate of drug-likeness (QED) is 0.308. The summed E-state index contributed by atoms with van der Waals surface area (Å²) in [4.78, 5) is 24.8. The number of carbonyl (C=O) groups is 1. The number of hydrogen-bond donors (Lipinski definition) is 4. The van der Waals surface area contributed by atoms with Crippen molar-refractivity contribution in [1.82, 2.24) is 15.0 Å². The second-order valence-electron chi connectivity index (χ2n) is 8.21. The van der Waals surface area contributed by atoms with Crippen molar-refractivity contribution in [2.75, 3.05) is 25.6 Å². The lowest BCUT2D eigenvalue weighted by atomic mass is 10.1. The van der Waals surface area contributed by atoms with Gasteiger partial charge < -0.3 is 30.6 Å². The van der Waals surface area contributed by atoms with Crippen LogP contribution < -0.4 is 20.1 Å². The van der Waals surface area contributed by atoms with Crippen LogP contribution in [-0.4, -0.2) is 52.5 Å². The van der Waals surface area contributed by atoms with E-state index in [1.54, 1.807) is 35.8 Å². The van der Waals surface area contributed by atoms with E-state index in [0.29, 0.717) is 36.2 Å². The summed E-state index contributed by atoms with van der Waals surface area (Å²) in [6.07, 6.45) is 5.43. The molecule has 0 bridgehead atoms. The lowest BCUT2D eigenvalue weighted by Crippen LogP contribution is -2.80. The van der Waals surface area contributed by atoms with E-state index < -0.39 is 12.0 Å². The number of nitrogens with zero attached hydrogens (tertiary/aromatic N) is 3. The number of carboxylic acids is 1. The summed E-state index contributed by atoms with van der Waals surface area (Å²) < 4.78 is 10.9. The van der Waals surface area contributed by atoms with Crippen LogP contribution in [0, 0.1) is 5.41 Å². The van der Waals surface area contributed by atoms with Crippen molar-refractivity contribution in [3.63, 3.8) is 0 Å². The van der Waals surface area contributed by atoms with E-state index >= 15 is 0 Å². The molecule has 10 nitrogen and oxygen atoms in total. The Bertz CT molecular complexity index is 1190. The maximum atomic E-state index is 11.5. The molecule has 1 unspecified atom stereocenters. The molecule has 0 aliphatic carbocycles. The Balaban J connectivity index is 1.41. The average Bonchev–Trinajstić information content (AvgIpc) is 2.88. The van der Waals surface area contributed by atoms with Crippen LogP contribution in [0.15, 0.2) is 42.6 Å². The Morgan fingerprint density at radius 1 is 1.23 bits per heavy atom. The van der Waals surface area contributed by atoms with Crippen LogP contribution in [0.25, 0.3) is 0 Å². The highest BCUT2D eigenvalue weighted by molar-refractivity contribution is 5.80. The Hall–Kier alpha value is -4.05. The lowest BCUT2D eigenvalue weighted by molar-refractivity contribution is -0.617. The SMILES string of the molecule is COc1ccc(C(CC(=O)O)[NH2+]c2ccc(OCCc3ccc4c(n3)NCCC4)nc2C=N)cn1. The molecule has 0 saturated heterocycles. The number of carboxylic acid groups (broad SMARTS) is 1. The van der Waals surface area contributed by atoms with Crippen molar-refractivity contribution in [3.05, 3.63) is 65.1 Å². The Morgan fingerprint density at radius 3 is 2.83 bits per heavy atom. The molecule has 0 amide bonds. The highest BCUT2D eigenvalue weighted by Crippen LogP contribution is 2.21. The van der Waals surface area contributed by atoms with Gasteiger partial charge in [0.25, 0.3) is 0 Å². The van der Waals surface area contributed by atoms with Gasteiger partial charge in [-0.05, 0) is 30.5 Å². The molecule has 182 valence electrons. The molecule has 3 aromatic heterocycles. The van der Waals surface area contributed by atoms with Gasteiger partial charge in [-0.2, -0.15) is 0 Å². The summed E-state index contributed by atoms with van der Waals surface area (Å²) in [7, 11) is 1.52. The molecule has 35 heavy (non-hydrogen) atoms. The number of pyridine rings is 3. The molecule has 10 heteroatoms. The largest absolute Gasteiger partial charge is 0.481 e. The summed E-state index contributed by atoms with van der Waals surface area (Å²) in [6.45, 7) is 1.35. The fourth-order valence-corrected chi connectivity index (χ4v) is 3.98. The Morgan fingerprint density at radius 2 is 2.09 bits per heavy atom. The summed E-state index contributed by atoms with van der Waals surface area (Å²) in [5.41, 5.74) is 3.97. The van der Waals surface area contributed by atoms with Gasteiger partial charge in [0.05, 0.1) is 13.7 Å². The van der Waals surface area contributed by atoms with Gasteiger partial charge in [-0.1, -0.05) is 6.07 Å². The van der Waals surface area contributed by atoms with Crippen LogP contribution in [0.5, 0.6) is 11.8 Å². The minimum absolute atomic E-state index is 0.119. The normalized spacial score (nSPS) is 13.3. The summed E-state index contributed by atoms with van der Waals surface area (Å²) in [5, 5.41) is 22.3. The maximum absolute atomic E-state index is 11.5. The van der Waals surface area contributed by atoms with Crippen LogP contribution in [0.2, 0.25) is 0 Å². The monoisotopic (exact) mass is 477 g/mol.